The van der Waals surface area contributed by atoms with Crippen molar-refractivity contribution in [1.29, 1.82) is 0 Å². The maximum Gasteiger partial charge on any atom is 0.230 e. The minimum Gasteiger partial charge on any atom is -0.355 e. The third kappa shape index (κ3) is 6.77. The van der Waals surface area contributed by atoms with Crippen molar-refractivity contribution in [1.82, 2.24) is 5.32 Å². The van der Waals surface area contributed by atoms with E-state index in [1.54, 1.807) is 23.5 Å². The Bertz CT molecular complexity index is 575. The topological polar surface area (TPSA) is 29.1 Å². The number of hydrogen-bond acceptors (Lipinski definition) is 3. The van der Waals surface area contributed by atoms with Crippen LogP contribution < -0.4 is 5.32 Å². The first kappa shape index (κ1) is 17.3. The summed E-state index contributed by atoms with van der Waals surface area (Å²) in [5.74, 6) is 2.28. The van der Waals surface area contributed by atoms with E-state index >= 15 is 0 Å². The number of rotatable bonds is 8. The van der Waals surface area contributed by atoms with Crippen LogP contribution in [-0.2, 0) is 10.5 Å². The van der Waals surface area contributed by atoms with Gasteiger partial charge in [0.05, 0.1) is 5.75 Å². The molecule has 0 spiro atoms. The molecule has 0 bridgehead atoms. The minimum absolute atomic E-state index is 0.0904. The van der Waals surface area contributed by atoms with E-state index in [-0.39, 0.29) is 5.91 Å². The normalized spacial score (nSPS) is 10.4. The molecular weight excluding hydrogens is 334 g/mol. The van der Waals surface area contributed by atoms with Crippen LogP contribution in [0.2, 0.25) is 5.02 Å². The van der Waals surface area contributed by atoms with Crippen LogP contribution in [0.25, 0.3) is 0 Å². The molecule has 2 nitrogen and oxygen atoms in total. The third-order valence-electron chi connectivity index (χ3n) is 2.85. The fourth-order valence-corrected chi connectivity index (χ4v) is 3.50. The standard InChI is InChI=1S/C17H18ClNOS2/c18-15-8-6-14(7-9-15)12-21-13-17(20)19-10-11-22-16-4-2-1-3-5-16/h1-9H,10-13H2,(H,19,20). The molecule has 22 heavy (non-hydrogen) atoms. The predicted octanol–water partition coefficient (Wildman–Crippen LogP) is 4.48. The number of hydrogen-bond donors (Lipinski definition) is 1. The van der Waals surface area contributed by atoms with Gasteiger partial charge in [0.1, 0.15) is 0 Å². The lowest BCUT2D eigenvalue weighted by Gasteiger charge is -2.05. The molecule has 1 amide bonds. The first-order chi connectivity index (χ1) is 10.7. The molecule has 0 heterocycles. The summed E-state index contributed by atoms with van der Waals surface area (Å²) >= 11 is 9.20. The van der Waals surface area contributed by atoms with Crippen LogP contribution in [0.1, 0.15) is 5.56 Å². The number of benzene rings is 2. The van der Waals surface area contributed by atoms with E-state index in [1.807, 2.05) is 42.5 Å². The van der Waals surface area contributed by atoms with Crippen LogP contribution in [0, 0.1) is 0 Å². The SMILES string of the molecule is O=C(CSCc1ccc(Cl)cc1)NCCSc1ccccc1. The first-order valence-electron chi connectivity index (χ1n) is 7.01. The second-order valence-electron chi connectivity index (χ2n) is 4.63. The van der Waals surface area contributed by atoms with E-state index in [0.29, 0.717) is 12.3 Å². The molecule has 0 fully saturated rings. The summed E-state index contributed by atoms with van der Waals surface area (Å²) in [5, 5.41) is 3.68. The summed E-state index contributed by atoms with van der Waals surface area (Å²) in [7, 11) is 0. The van der Waals surface area contributed by atoms with Crippen LogP contribution in [0.5, 0.6) is 0 Å². The van der Waals surface area contributed by atoms with Crippen molar-refractivity contribution in [2.45, 2.75) is 10.6 Å². The van der Waals surface area contributed by atoms with Crippen LogP contribution in [0.3, 0.4) is 0 Å². The van der Waals surface area contributed by atoms with E-state index in [1.165, 1.54) is 10.5 Å². The van der Waals surface area contributed by atoms with E-state index in [4.69, 9.17) is 11.6 Å². The molecule has 2 aromatic carbocycles. The van der Waals surface area contributed by atoms with Gasteiger partial charge in [0, 0.05) is 28.0 Å². The Hall–Kier alpha value is -1.10. The Labute approximate surface area is 145 Å². The molecule has 0 aliphatic carbocycles. The van der Waals surface area contributed by atoms with Gasteiger partial charge in [-0.05, 0) is 29.8 Å². The first-order valence-corrected chi connectivity index (χ1v) is 9.52. The van der Waals surface area contributed by atoms with Crippen LogP contribution in [0.15, 0.2) is 59.5 Å². The van der Waals surface area contributed by atoms with Crippen molar-refractivity contribution in [2.75, 3.05) is 18.1 Å². The van der Waals surface area contributed by atoms with Gasteiger partial charge in [0.2, 0.25) is 5.91 Å². The number of carbonyl (C=O) groups is 1. The number of nitrogens with one attached hydrogen (secondary N) is 1. The van der Waals surface area contributed by atoms with E-state index in [0.717, 1.165) is 16.5 Å². The number of thioether (sulfide) groups is 2. The van der Waals surface area contributed by atoms with Crippen molar-refractivity contribution < 1.29 is 4.79 Å². The zero-order valence-corrected chi connectivity index (χ0v) is 14.5. The fraction of sp³-hybridized carbons (Fsp3) is 0.235. The third-order valence-corrected chi connectivity index (χ3v) is 5.12. The summed E-state index contributed by atoms with van der Waals surface area (Å²) in [5.41, 5.74) is 1.18. The van der Waals surface area contributed by atoms with Crippen LogP contribution in [-0.4, -0.2) is 24.0 Å². The lowest BCUT2D eigenvalue weighted by Crippen LogP contribution is -2.27. The van der Waals surface area contributed by atoms with Crippen molar-refractivity contribution in [3.05, 3.63) is 65.2 Å². The summed E-state index contributed by atoms with van der Waals surface area (Å²) in [6, 6.07) is 17.9. The second-order valence-corrected chi connectivity index (χ2v) is 7.22. The average Bonchev–Trinajstić information content (AvgIpc) is 2.54. The lowest BCUT2D eigenvalue weighted by atomic mass is 10.2. The van der Waals surface area contributed by atoms with E-state index in [2.05, 4.69) is 17.4 Å². The van der Waals surface area contributed by atoms with E-state index in [9.17, 15) is 4.79 Å². The average molecular weight is 352 g/mol. The lowest BCUT2D eigenvalue weighted by molar-refractivity contribution is -0.118. The molecule has 0 aliphatic rings. The molecule has 116 valence electrons. The quantitative estimate of drug-likeness (QED) is 0.561. The monoisotopic (exact) mass is 351 g/mol. The molecule has 0 unspecified atom stereocenters. The molecule has 2 rings (SSSR count). The van der Waals surface area contributed by atoms with Gasteiger partial charge in [0.15, 0.2) is 0 Å². The highest BCUT2D eigenvalue weighted by molar-refractivity contribution is 7.99. The van der Waals surface area contributed by atoms with Gasteiger partial charge >= 0.3 is 0 Å². The second kappa shape index (κ2) is 9.82. The Balaban J connectivity index is 1.55. The molecule has 0 saturated heterocycles. The molecule has 0 atom stereocenters. The number of halogens is 1. The highest BCUT2D eigenvalue weighted by Crippen LogP contribution is 2.16. The number of amides is 1. The summed E-state index contributed by atoms with van der Waals surface area (Å²) in [6.07, 6.45) is 0. The molecule has 5 heteroatoms. The number of carbonyl (C=O) groups excluding carboxylic acids is 1. The zero-order valence-electron chi connectivity index (χ0n) is 12.1. The van der Waals surface area contributed by atoms with Gasteiger partial charge in [0.25, 0.3) is 0 Å². The van der Waals surface area contributed by atoms with Crippen molar-refractivity contribution in [2.24, 2.45) is 0 Å². The zero-order chi connectivity index (χ0) is 15.6. The summed E-state index contributed by atoms with van der Waals surface area (Å²) < 4.78 is 0. The largest absolute Gasteiger partial charge is 0.355 e. The van der Waals surface area contributed by atoms with Crippen LogP contribution in [0.4, 0.5) is 0 Å². The molecular formula is C17H18ClNOS2. The van der Waals surface area contributed by atoms with Gasteiger partial charge in [-0.1, -0.05) is 41.9 Å². The predicted molar refractivity (Wildman–Crippen MR) is 97.8 cm³/mol. The van der Waals surface area contributed by atoms with Gasteiger partial charge in [-0.2, -0.15) is 0 Å². The molecule has 2 aromatic rings. The molecule has 0 radical (unpaired) electrons. The minimum atomic E-state index is 0.0904. The molecule has 0 aromatic heterocycles. The highest BCUT2D eigenvalue weighted by Gasteiger charge is 2.02. The van der Waals surface area contributed by atoms with Gasteiger partial charge in [-0.25, -0.2) is 0 Å². The Morgan fingerprint density at radius 2 is 1.77 bits per heavy atom. The van der Waals surface area contributed by atoms with Crippen molar-refractivity contribution >= 4 is 41.0 Å². The fourth-order valence-electron chi connectivity index (χ4n) is 1.77. The van der Waals surface area contributed by atoms with Crippen LogP contribution >= 0.6 is 35.1 Å². The van der Waals surface area contributed by atoms with Gasteiger partial charge in [-0.3, -0.25) is 4.79 Å². The summed E-state index contributed by atoms with van der Waals surface area (Å²) in [4.78, 5) is 13.0. The van der Waals surface area contributed by atoms with Gasteiger partial charge < -0.3 is 5.32 Å². The molecule has 0 aliphatic heterocycles. The van der Waals surface area contributed by atoms with E-state index < -0.39 is 0 Å². The Morgan fingerprint density at radius 3 is 2.50 bits per heavy atom. The molecule has 1 N–H and O–H groups in total. The highest BCUT2D eigenvalue weighted by atomic mass is 35.5. The maximum absolute atomic E-state index is 11.7. The maximum atomic E-state index is 11.7. The van der Waals surface area contributed by atoms with Crippen molar-refractivity contribution in [3.63, 3.8) is 0 Å². The summed E-state index contributed by atoms with van der Waals surface area (Å²) in [6.45, 7) is 0.694. The Morgan fingerprint density at radius 1 is 1.05 bits per heavy atom. The molecule has 0 saturated carbocycles. The van der Waals surface area contributed by atoms with Crippen molar-refractivity contribution in [3.8, 4) is 0 Å². The van der Waals surface area contributed by atoms with Gasteiger partial charge in [-0.15, -0.1) is 23.5 Å². The Kier molecular flexibility index (Phi) is 7.71. The smallest absolute Gasteiger partial charge is 0.230 e.